The van der Waals surface area contributed by atoms with Crippen LogP contribution in [0.1, 0.15) is 72.1 Å². The maximum absolute atomic E-state index is 13.4. The second-order valence-corrected chi connectivity index (χ2v) is 11.9. The highest BCUT2D eigenvalue weighted by Crippen LogP contribution is 2.72. The molecule has 0 aromatic carbocycles. The van der Waals surface area contributed by atoms with Gasteiger partial charge in [-0.05, 0) is 68.1 Å². The maximum Gasteiger partial charge on any atom is 0.216 e. The minimum absolute atomic E-state index is 0.00304. The molecule has 7 atom stereocenters. The van der Waals surface area contributed by atoms with E-state index in [2.05, 4.69) is 25.7 Å². The van der Waals surface area contributed by atoms with Crippen LogP contribution in [0.2, 0.25) is 0 Å². The molecule has 0 heterocycles. The lowest BCUT2D eigenvalue weighted by Crippen LogP contribution is -2.65. The Morgan fingerprint density at radius 2 is 1.97 bits per heavy atom. The molecule has 162 valence electrons. The van der Waals surface area contributed by atoms with E-state index in [0.717, 1.165) is 38.5 Å². The minimum Gasteiger partial charge on any atom is -0.393 e. The molecule has 5 fully saturated rings. The van der Waals surface area contributed by atoms with Crippen molar-refractivity contribution in [3.8, 4) is 0 Å². The second-order valence-electron chi connectivity index (χ2n) is 10.8. The molecule has 5 saturated carbocycles. The number of carbonyl (C=O) groups is 2. The molecule has 0 aliphatic heterocycles. The van der Waals surface area contributed by atoms with Crippen LogP contribution in [0.5, 0.6) is 0 Å². The SMILES string of the molecule is C=C1CC23CCC1CC2C1(C)CCCC(C)(C(=O)SCCNC(C)=O)C1CC3O. The molecule has 5 aliphatic rings. The van der Waals surface area contributed by atoms with Gasteiger partial charge >= 0.3 is 0 Å². The van der Waals surface area contributed by atoms with Crippen LogP contribution >= 0.6 is 11.8 Å². The van der Waals surface area contributed by atoms with E-state index in [1.165, 1.54) is 37.1 Å². The van der Waals surface area contributed by atoms with Gasteiger partial charge in [-0.25, -0.2) is 0 Å². The van der Waals surface area contributed by atoms with Gasteiger partial charge in [0.1, 0.15) is 0 Å². The first kappa shape index (κ1) is 21.4. The predicted molar refractivity (Wildman–Crippen MR) is 117 cm³/mol. The highest BCUT2D eigenvalue weighted by molar-refractivity contribution is 8.13. The van der Waals surface area contributed by atoms with Crippen LogP contribution in [0.3, 0.4) is 0 Å². The first-order chi connectivity index (χ1) is 13.6. The summed E-state index contributed by atoms with van der Waals surface area (Å²) in [6.07, 6.45) is 8.07. The Balaban J connectivity index is 1.57. The van der Waals surface area contributed by atoms with Crippen LogP contribution in [-0.4, -0.2) is 34.5 Å². The Labute approximate surface area is 179 Å². The van der Waals surface area contributed by atoms with Crippen LogP contribution in [0.4, 0.5) is 0 Å². The van der Waals surface area contributed by atoms with E-state index in [-0.39, 0.29) is 39.3 Å². The van der Waals surface area contributed by atoms with Gasteiger partial charge in [0.05, 0.1) is 6.10 Å². The van der Waals surface area contributed by atoms with E-state index < -0.39 is 0 Å². The molecule has 29 heavy (non-hydrogen) atoms. The number of carbonyl (C=O) groups excluding carboxylic acids is 2. The number of allylic oxidation sites excluding steroid dienone is 1. The third-order valence-electron chi connectivity index (χ3n) is 9.38. The monoisotopic (exact) mass is 419 g/mol. The Morgan fingerprint density at radius 1 is 1.21 bits per heavy atom. The van der Waals surface area contributed by atoms with Crippen molar-refractivity contribution in [2.75, 3.05) is 12.3 Å². The van der Waals surface area contributed by atoms with Gasteiger partial charge in [-0.3, -0.25) is 9.59 Å². The van der Waals surface area contributed by atoms with Gasteiger partial charge in [-0.1, -0.05) is 44.2 Å². The highest BCUT2D eigenvalue weighted by Gasteiger charge is 2.67. The number of amides is 1. The van der Waals surface area contributed by atoms with E-state index in [0.29, 0.717) is 24.1 Å². The summed E-state index contributed by atoms with van der Waals surface area (Å²) >= 11 is 1.37. The van der Waals surface area contributed by atoms with E-state index in [1.54, 1.807) is 0 Å². The zero-order valence-electron chi connectivity index (χ0n) is 18.3. The van der Waals surface area contributed by atoms with Crippen LogP contribution in [-0.2, 0) is 9.59 Å². The lowest BCUT2D eigenvalue weighted by atomic mass is 9.36. The van der Waals surface area contributed by atoms with Crippen molar-refractivity contribution < 1.29 is 14.7 Å². The van der Waals surface area contributed by atoms with Gasteiger partial charge in [0, 0.05) is 30.1 Å². The van der Waals surface area contributed by atoms with E-state index in [1.807, 2.05) is 0 Å². The van der Waals surface area contributed by atoms with Gasteiger partial charge in [-0.2, -0.15) is 0 Å². The normalized spacial score (nSPS) is 46.0. The molecule has 0 radical (unpaired) electrons. The molecular weight excluding hydrogens is 382 g/mol. The molecule has 5 aliphatic carbocycles. The lowest BCUT2D eigenvalue weighted by Gasteiger charge is -2.69. The molecule has 2 bridgehead atoms. The molecule has 4 nitrogen and oxygen atoms in total. The summed E-state index contributed by atoms with van der Waals surface area (Å²) in [7, 11) is 0. The van der Waals surface area contributed by atoms with Crippen molar-refractivity contribution in [1.82, 2.24) is 5.32 Å². The molecule has 5 heteroatoms. The lowest BCUT2D eigenvalue weighted by molar-refractivity contribution is -0.217. The van der Waals surface area contributed by atoms with Crippen molar-refractivity contribution in [3.63, 3.8) is 0 Å². The van der Waals surface area contributed by atoms with Crippen molar-refractivity contribution in [2.45, 2.75) is 78.2 Å². The Morgan fingerprint density at radius 3 is 2.66 bits per heavy atom. The fourth-order valence-electron chi connectivity index (χ4n) is 7.94. The summed E-state index contributed by atoms with van der Waals surface area (Å²) in [5.41, 5.74) is 1.09. The first-order valence-corrected chi connectivity index (χ1v) is 12.4. The number of hydrogen-bond donors (Lipinski definition) is 2. The second kappa shape index (κ2) is 7.40. The fraction of sp³-hybridized carbons (Fsp3) is 0.833. The van der Waals surface area contributed by atoms with Gasteiger partial charge in [0.2, 0.25) is 5.91 Å². The van der Waals surface area contributed by atoms with Gasteiger partial charge in [0.25, 0.3) is 0 Å². The number of rotatable bonds is 4. The average molecular weight is 420 g/mol. The van der Waals surface area contributed by atoms with Crippen LogP contribution in [0, 0.1) is 34.0 Å². The number of aliphatic hydroxyl groups is 1. The number of aliphatic hydroxyl groups excluding tert-OH is 1. The molecule has 5 rings (SSSR count). The van der Waals surface area contributed by atoms with E-state index >= 15 is 0 Å². The quantitative estimate of drug-likeness (QED) is 0.526. The summed E-state index contributed by atoms with van der Waals surface area (Å²) in [4.78, 5) is 24.5. The molecule has 1 amide bonds. The summed E-state index contributed by atoms with van der Waals surface area (Å²) in [5, 5.41) is 14.5. The summed E-state index contributed by atoms with van der Waals surface area (Å²) < 4.78 is 0. The number of nitrogens with one attached hydrogen (secondary N) is 1. The standard InChI is InChI=1S/C24H37NO3S/c1-15-14-24-9-6-17(15)12-19(24)22(3)7-5-8-23(4,18(22)13-20(24)27)21(28)29-11-10-25-16(2)26/h17-20,27H,1,5-14H2,2-4H3,(H,25,26). The Hall–Kier alpha value is -0.810. The number of fused-ring (bicyclic) bond motifs is 3. The molecule has 2 N–H and O–H groups in total. The zero-order chi connectivity index (χ0) is 21.0. The van der Waals surface area contributed by atoms with Crippen LogP contribution in [0.25, 0.3) is 0 Å². The third-order valence-corrected chi connectivity index (χ3v) is 10.5. The molecule has 1 spiro atoms. The molecule has 0 aromatic rings. The minimum atomic E-state index is -0.385. The van der Waals surface area contributed by atoms with Crippen LogP contribution in [0.15, 0.2) is 12.2 Å². The van der Waals surface area contributed by atoms with Gasteiger partial charge in [-0.15, -0.1) is 0 Å². The molecule has 0 saturated heterocycles. The average Bonchev–Trinajstić information content (AvgIpc) is 2.67. The summed E-state index contributed by atoms with van der Waals surface area (Å²) in [5.74, 6) is 1.92. The van der Waals surface area contributed by atoms with Gasteiger partial charge in [0.15, 0.2) is 5.12 Å². The maximum atomic E-state index is 13.4. The largest absolute Gasteiger partial charge is 0.393 e. The smallest absolute Gasteiger partial charge is 0.216 e. The topological polar surface area (TPSA) is 66.4 Å². The highest BCUT2D eigenvalue weighted by atomic mass is 32.2. The first-order valence-electron chi connectivity index (χ1n) is 11.4. The zero-order valence-corrected chi connectivity index (χ0v) is 19.1. The number of thioether (sulfide) groups is 1. The van der Waals surface area contributed by atoms with Crippen molar-refractivity contribution in [1.29, 1.82) is 0 Å². The van der Waals surface area contributed by atoms with Crippen molar-refractivity contribution in [3.05, 3.63) is 12.2 Å². The summed E-state index contributed by atoms with van der Waals surface area (Å²) in [6, 6.07) is 0. The Kier molecular flexibility index (Phi) is 5.47. The van der Waals surface area contributed by atoms with Crippen molar-refractivity contribution in [2.24, 2.45) is 34.0 Å². The van der Waals surface area contributed by atoms with Crippen molar-refractivity contribution >= 4 is 22.8 Å². The van der Waals surface area contributed by atoms with E-state index in [4.69, 9.17) is 0 Å². The van der Waals surface area contributed by atoms with E-state index in [9.17, 15) is 14.7 Å². The predicted octanol–water partition coefficient (Wildman–Crippen LogP) is 4.32. The number of hydrogen-bond acceptors (Lipinski definition) is 4. The molecular formula is C24H37NO3S. The third kappa shape index (κ3) is 3.22. The summed E-state index contributed by atoms with van der Waals surface area (Å²) in [6.45, 7) is 11.0. The molecule has 0 aromatic heterocycles. The van der Waals surface area contributed by atoms with Crippen LogP contribution < -0.4 is 5.32 Å². The Bertz CT molecular complexity index is 723. The van der Waals surface area contributed by atoms with Gasteiger partial charge < -0.3 is 10.4 Å². The molecule has 7 unspecified atom stereocenters. The fourth-order valence-corrected chi connectivity index (χ4v) is 8.91.